The Hall–Kier alpha value is -2.60. The second-order valence-corrected chi connectivity index (χ2v) is 9.25. The second kappa shape index (κ2) is 9.06. The summed E-state index contributed by atoms with van der Waals surface area (Å²) in [4.78, 5) is 14.4. The maximum absolute atomic E-state index is 12.8. The molecule has 148 valence electrons. The molecular formula is C22H25NO4S. The normalized spacial score (nSPS) is 18.2. The average Bonchev–Trinajstić information content (AvgIpc) is 3.05. The number of hydrogen-bond donors (Lipinski definition) is 0. The molecule has 0 radical (unpaired) electrons. The lowest BCUT2D eigenvalue weighted by Gasteiger charge is -2.27. The fourth-order valence-electron chi connectivity index (χ4n) is 3.20. The van der Waals surface area contributed by atoms with E-state index in [9.17, 15) is 13.2 Å². The van der Waals surface area contributed by atoms with E-state index in [2.05, 4.69) is 0 Å². The number of amides is 1. The first-order chi connectivity index (χ1) is 13.4. The van der Waals surface area contributed by atoms with Crippen LogP contribution < -0.4 is 4.74 Å². The van der Waals surface area contributed by atoms with Gasteiger partial charge in [0.2, 0.25) is 0 Å². The molecule has 28 heavy (non-hydrogen) atoms. The van der Waals surface area contributed by atoms with Gasteiger partial charge in [-0.2, -0.15) is 0 Å². The summed E-state index contributed by atoms with van der Waals surface area (Å²) < 4.78 is 29.4. The van der Waals surface area contributed by atoms with E-state index in [1.165, 1.54) is 0 Å². The number of carbonyl (C=O) groups is 1. The summed E-state index contributed by atoms with van der Waals surface area (Å²) in [6.07, 6.45) is 4.30. The van der Waals surface area contributed by atoms with Crippen LogP contribution in [0.4, 0.5) is 0 Å². The van der Waals surface area contributed by atoms with Gasteiger partial charge in [-0.05, 0) is 31.0 Å². The Morgan fingerprint density at radius 2 is 1.86 bits per heavy atom. The zero-order valence-electron chi connectivity index (χ0n) is 16.0. The minimum Gasteiger partial charge on any atom is -0.484 e. The molecule has 0 spiro atoms. The molecule has 0 unspecified atom stereocenters. The number of ether oxygens (including phenoxy) is 1. The molecule has 0 aliphatic carbocycles. The molecule has 0 saturated carbocycles. The summed E-state index contributed by atoms with van der Waals surface area (Å²) in [7, 11) is -3.08. The second-order valence-electron chi connectivity index (χ2n) is 7.02. The lowest BCUT2D eigenvalue weighted by Crippen LogP contribution is -2.43. The average molecular weight is 400 g/mol. The quantitative estimate of drug-likeness (QED) is 0.718. The van der Waals surface area contributed by atoms with Crippen LogP contribution in [0.25, 0.3) is 6.08 Å². The van der Waals surface area contributed by atoms with Crippen molar-refractivity contribution in [1.82, 2.24) is 4.90 Å². The Balaban J connectivity index is 1.67. The molecule has 6 heteroatoms. The maximum atomic E-state index is 12.8. The molecule has 3 rings (SSSR count). The summed E-state index contributed by atoms with van der Waals surface area (Å²) in [5.41, 5.74) is 2.15. The monoisotopic (exact) mass is 399 g/mol. The zero-order chi connectivity index (χ0) is 20.0. The largest absolute Gasteiger partial charge is 0.484 e. The van der Waals surface area contributed by atoms with E-state index in [4.69, 9.17) is 4.74 Å². The highest BCUT2D eigenvalue weighted by atomic mass is 32.2. The molecule has 0 aromatic heterocycles. The van der Waals surface area contributed by atoms with Crippen LogP contribution in [0.1, 0.15) is 17.5 Å². The summed E-state index contributed by atoms with van der Waals surface area (Å²) in [6.45, 7) is 2.22. The van der Waals surface area contributed by atoms with Crippen molar-refractivity contribution in [2.45, 2.75) is 19.4 Å². The van der Waals surface area contributed by atoms with E-state index in [-0.39, 0.29) is 30.1 Å². The number of carbonyl (C=O) groups excluding carboxylic acids is 1. The molecule has 1 amide bonds. The van der Waals surface area contributed by atoms with Gasteiger partial charge < -0.3 is 9.64 Å². The van der Waals surface area contributed by atoms with Crippen molar-refractivity contribution in [3.8, 4) is 5.75 Å². The fraction of sp³-hybridized carbons (Fsp3) is 0.318. The lowest BCUT2D eigenvalue weighted by atomic mass is 10.2. The Morgan fingerprint density at radius 3 is 2.50 bits per heavy atom. The molecule has 0 N–H and O–H groups in total. The predicted octanol–water partition coefficient (Wildman–Crippen LogP) is 3.10. The number of aryl methyl sites for hydroxylation is 1. The van der Waals surface area contributed by atoms with E-state index in [0.717, 1.165) is 11.1 Å². The van der Waals surface area contributed by atoms with Crippen molar-refractivity contribution in [2.24, 2.45) is 0 Å². The topological polar surface area (TPSA) is 63.7 Å². The molecule has 1 atom stereocenters. The van der Waals surface area contributed by atoms with Gasteiger partial charge in [-0.25, -0.2) is 8.42 Å². The molecule has 1 saturated heterocycles. The van der Waals surface area contributed by atoms with Crippen molar-refractivity contribution >= 4 is 21.8 Å². The van der Waals surface area contributed by atoms with Gasteiger partial charge in [-0.1, -0.05) is 60.2 Å². The van der Waals surface area contributed by atoms with Gasteiger partial charge in [-0.3, -0.25) is 4.79 Å². The summed E-state index contributed by atoms with van der Waals surface area (Å²) in [5.74, 6) is 0.559. The van der Waals surface area contributed by atoms with Gasteiger partial charge in [0.25, 0.3) is 5.91 Å². The minimum atomic E-state index is -3.08. The number of nitrogens with zero attached hydrogens (tertiary/aromatic N) is 1. The molecule has 1 fully saturated rings. The molecule has 2 aromatic rings. The summed E-state index contributed by atoms with van der Waals surface area (Å²) >= 11 is 0. The van der Waals surface area contributed by atoms with Crippen LogP contribution >= 0.6 is 0 Å². The van der Waals surface area contributed by atoms with E-state index in [1.54, 1.807) is 4.90 Å². The van der Waals surface area contributed by atoms with Crippen LogP contribution in [0, 0.1) is 6.92 Å². The Morgan fingerprint density at radius 1 is 1.14 bits per heavy atom. The Labute approximate surface area is 166 Å². The third kappa shape index (κ3) is 5.70. The van der Waals surface area contributed by atoms with E-state index >= 15 is 0 Å². The van der Waals surface area contributed by atoms with Gasteiger partial charge in [0, 0.05) is 12.6 Å². The number of benzene rings is 2. The highest BCUT2D eigenvalue weighted by Crippen LogP contribution is 2.19. The van der Waals surface area contributed by atoms with Crippen molar-refractivity contribution in [3.05, 3.63) is 71.8 Å². The number of rotatable bonds is 7. The van der Waals surface area contributed by atoms with E-state index < -0.39 is 9.84 Å². The minimum absolute atomic E-state index is 0.0163. The third-order valence-corrected chi connectivity index (χ3v) is 6.52. The van der Waals surface area contributed by atoms with Crippen molar-refractivity contribution in [2.75, 3.05) is 24.7 Å². The van der Waals surface area contributed by atoms with Gasteiger partial charge >= 0.3 is 0 Å². The molecule has 0 bridgehead atoms. The zero-order valence-corrected chi connectivity index (χ0v) is 16.8. The standard InChI is InChI=1S/C22H25NO4S/c1-18-9-11-21(12-10-18)27-16-22(24)23(20-13-15-28(25,26)17-20)14-5-8-19-6-3-2-4-7-19/h2-12,20H,13-17H2,1H3/b8-5+/t20-/m1/s1. The molecule has 1 heterocycles. The van der Waals surface area contributed by atoms with Gasteiger partial charge in [0.05, 0.1) is 11.5 Å². The van der Waals surface area contributed by atoms with Crippen LogP contribution in [0.3, 0.4) is 0 Å². The van der Waals surface area contributed by atoms with Crippen molar-refractivity contribution < 1.29 is 17.9 Å². The summed E-state index contributed by atoms with van der Waals surface area (Å²) in [5, 5.41) is 0. The maximum Gasteiger partial charge on any atom is 0.261 e. The number of hydrogen-bond acceptors (Lipinski definition) is 4. The first kappa shape index (κ1) is 20.1. The molecule has 5 nitrogen and oxygen atoms in total. The van der Waals surface area contributed by atoms with Crippen molar-refractivity contribution in [3.63, 3.8) is 0 Å². The smallest absolute Gasteiger partial charge is 0.261 e. The lowest BCUT2D eigenvalue weighted by molar-refractivity contribution is -0.134. The first-order valence-electron chi connectivity index (χ1n) is 9.34. The molecular weight excluding hydrogens is 374 g/mol. The van der Waals surface area contributed by atoms with Crippen molar-refractivity contribution in [1.29, 1.82) is 0 Å². The van der Waals surface area contributed by atoms with Gasteiger partial charge in [0.1, 0.15) is 5.75 Å². The van der Waals surface area contributed by atoms with Gasteiger partial charge in [0.15, 0.2) is 16.4 Å². The predicted molar refractivity (Wildman–Crippen MR) is 111 cm³/mol. The van der Waals surface area contributed by atoms with Crippen LogP contribution in [-0.2, 0) is 14.6 Å². The number of sulfone groups is 1. The fourth-order valence-corrected chi connectivity index (χ4v) is 4.94. The Bertz CT molecular complexity index is 921. The van der Waals surface area contributed by atoms with Crippen LogP contribution in [0.2, 0.25) is 0 Å². The SMILES string of the molecule is Cc1ccc(OCC(=O)N(C/C=C/c2ccccc2)[C@@H]2CCS(=O)(=O)C2)cc1. The third-order valence-electron chi connectivity index (χ3n) is 4.76. The first-order valence-corrected chi connectivity index (χ1v) is 11.2. The Kier molecular flexibility index (Phi) is 6.52. The highest BCUT2D eigenvalue weighted by molar-refractivity contribution is 7.91. The molecule has 2 aromatic carbocycles. The van der Waals surface area contributed by atoms with Crippen LogP contribution in [0.5, 0.6) is 5.75 Å². The molecule has 1 aliphatic heterocycles. The van der Waals surface area contributed by atoms with E-state index in [1.807, 2.05) is 73.7 Å². The van der Waals surface area contributed by atoms with E-state index in [0.29, 0.717) is 18.7 Å². The van der Waals surface area contributed by atoms with Crippen LogP contribution in [0.15, 0.2) is 60.7 Å². The highest BCUT2D eigenvalue weighted by Gasteiger charge is 2.34. The van der Waals surface area contributed by atoms with Crippen LogP contribution in [-0.4, -0.2) is 49.9 Å². The van der Waals surface area contributed by atoms with Gasteiger partial charge in [-0.15, -0.1) is 0 Å². The summed E-state index contributed by atoms with van der Waals surface area (Å²) in [6, 6.07) is 17.0. The molecule has 1 aliphatic rings.